The molecule has 1 aromatic rings. The molecule has 0 radical (unpaired) electrons. The minimum atomic E-state index is -1.38. The number of amides is 1. The van der Waals surface area contributed by atoms with Crippen LogP contribution in [0.3, 0.4) is 0 Å². The van der Waals surface area contributed by atoms with Gasteiger partial charge in [0.2, 0.25) is 0 Å². The third-order valence-electron chi connectivity index (χ3n) is 2.69. The maximum Gasteiger partial charge on any atom is 0.254 e. The van der Waals surface area contributed by atoms with E-state index in [4.69, 9.17) is 4.74 Å². The third kappa shape index (κ3) is 3.92. The summed E-state index contributed by atoms with van der Waals surface area (Å²) in [5.41, 5.74) is 0.715. The predicted octanol–water partition coefficient (Wildman–Crippen LogP) is 2.46. The van der Waals surface area contributed by atoms with E-state index in [1.807, 2.05) is 0 Å². The Labute approximate surface area is 115 Å². The maximum absolute atomic E-state index is 12.4. The Balaban J connectivity index is 3.09. The molecule has 0 aliphatic heterocycles. The molecule has 0 heterocycles. The SMILES string of the molecule is COc1cccc(C(=O)N(C)C[Si](C)(C)C)c1C=O. The zero-order chi connectivity index (χ0) is 14.6. The van der Waals surface area contributed by atoms with Crippen molar-refractivity contribution < 1.29 is 14.3 Å². The van der Waals surface area contributed by atoms with Crippen molar-refractivity contribution in [2.45, 2.75) is 19.6 Å². The van der Waals surface area contributed by atoms with Crippen LogP contribution in [0.2, 0.25) is 19.6 Å². The summed E-state index contributed by atoms with van der Waals surface area (Å²) in [7, 11) is 1.88. The van der Waals surface area contributed by atoms with Crippen LogP contribution in [0.15, 0.2) is 18.2 Å². The third-order valence-corrected chi connectivity index (χ3v) is 4.12. The molecule has 0 spiro atoms. The molecule has 0 fully saturated rings. The molecule has 0 atom stereocenters. The molecule has 104 valence electrons. The summed E-state index contributed by atoms with van der Waals surface area (Å²) in [5, 5.41) is 0. The monoisotopic (exact) mass is 279 g/mol. The Bertz CT molecular complexity index is 480. The van der Waals surface area contributed by atoms with Gasteiger partial charge in [0, 0.05) is 13.2 Å². The number of rotatable bonds is 5. The molecule has 0 bridgehead atoms. The van der Waals surface area contributed by atoms with Gasteiger partial charge in [0.25, 0.3) is 5.91 Å². The van der Waals surface area contributed by atoms with Crippen molar-refractivity contribution in [2.75, 3.05) is 20.3 Å². The number of ether oxygens (including phenoxy) is 1. The van der Waals surface area contributed by atoms with Crippen LogP contribution in [0, 0.1) is 0 Å². The van der Waals surface area contributed by atoms with Crippen molar-refractivity contribution in [1.29, 1.82) is 0 Å². The molecule has 0 aliphatic carbocycles. The highest BCUT2D eigenvalue weighted by atomic mass is 28.3. The van der Waals surface area contributed by atoms with Crippen molar-refractivity contribution in [3.63, 3.8) is 0 Å². The molecule has 0 N–H and O–H groups in total. The van der Waals surface area contributed by atoms with E-state index in [1.54, 1.807) is 30.1 Å². The van der Waals surface area contributed by atoms with Gasteiger partial charge in [-0.25, -0.2) is 0 Å². The molecule has 1 aromatic carbocycles. The molecule has 19 heavy (non-hydrogen) atoms. The Morgan fingerprint density at radius 1 is 1.37 bits per heavy atom. The first kappa shape index (κ1) is 15.4. The van der Waals surface area contributed by atoms with Gasteiger partial charge in [-0.1, -0.05) is 25.7 Å². The zero-order valence-corrected chi connectivity index (χ0v) is 13.2. The molecule has 5 heteroatoms. The van der Waals surface area contributed by atoms with E-state index in [9.17, 15) is 9.59 Å². The van der Waals surface area contributed by atoms with Gasteiger partial charge in [-0.3, -0.25) is 9.59 Å². The van der Waals surface area contributed by atoms with Crippen LogP contribution in [0.4, 0.5) is 0 Å². The summed E-state index contributed by atoms with van der Waals surface area (Å²) in [6.45, 7) is 6.59. The highest BCUT2D eigenvalue weighted by Gasteiger charge is 2.23. The second-order valence-corrected chi connectivity index (χ2v) is 11.2. The molecule has 4 nitrogen and oxygen atoms in total. The van der Waals surface area contributed by atoms with Crippen LogP contribution >= 0.6 is 0 Å². The molecule has 0 saturated heterocycles. The fraction of sp³-hybridized carbons (Fsp3) is 0.429. The topological polar surface area (TPSA) is 46.6 Å². The molecule has 0 saturated carbocycles. The average molecular weight is 279 g/mol. The lowest BCUT2D eigenvalue weighted by atomic mass is 10.1. The van der Waals surface area contributed by atoms with Gasteiger partial charge in [0.05, 0.1) is 26.3 Å². The van der Waals surface area contributed by atoms with Gasteiger partial charge in [-0.05, 0) is 12.1 Å². The van der Waals surface area contributed by atoms with Crippen LogP contribution < -0.4 is 4.74 Å². The fourth-order valence-corrected chi connectivity index (χ4v) is 3.59. The predicted molar refractivity (Wildman–Crippen MR) is 78.7 cm³/mol. The van der Waals surface area contributed by atoms with E-state index in [2.05, 4.69) is 19.6 Å². The minimum absolute atomic E-state index is 0.136. The Kier molecular flexibility index (Phi) is 4.88. The van der Waals surface area contributed by atoms with Gasteiger partial charge >= 0.3 is 0 Å². The Morgan fingerprint density at radius 3 is 2.47 bits per heavy atom. The highest BCUT2D eigenvalue weighted by Crippen LogP contribution is 2.21. The van der Waals surface area contributed by atoms with Crippen molar-refractivity contribution >= 4 is 20.3 Å². The number of aldehydes is 1. The zero-order valence-electron chi connectivity index (χ0n) is 12.2. The van der Waals surface area contributed by atoms with E-state index in [0.29, 0.717) is 23.2 Å². The van der Waals surface area contributed by atoms with Crippen molar-refractivity contribution in [3.8, 4) is 5.75 Å². The summed E-state index contributed by atoms with van der Waals surface area (Å²) in [6, 6.07) is 5.07. The van der Waals surface area contributed by atoms with Gasteiger partial charge in [0.1, 0.15) is 5.75 Å². The standard InChI is InChI=1S/C14H21NO3Si/c1-15(10-19(3,4)5)14(17)11-7-6-8-13(18-2)12(11)9-16/h6-9H,10H2,1-5H3. The number of nitrogens with zero attached hydrogens (tertiary/aromatic N) is 1. The normalized spacial score (nSPS) is 11.0. The highest BCUT2D eigenvalue weighted by molar-refractivity contribution is 6.76. The van der Waals surface area contributed by atoms with Crippen LogP contribution in [-0.2, 0) is 0 Å². The van der Waals surface area contributed by atoms with Gasteiger partial charge in [-0.2, -0.15) is 0 Å². The summed E-state index contributed by atoms with van der Waals surface area (Å²) in [5.74, 6) is 0.297. The first-order valence-electron chi connectivity index (χ1n) is 6.18. The molecule has 1 amide bonds. The number of carbonyl (C=O) groups is 2. The largest absolute Gasteiger partial charge is 0.496 e. The van der Waals surface area contributed by atoms with E-state index in [1.165, 1.54) is 7.11 Å². The van der Waals surface area contributed by atoms with Crippen LogP contribution in [-0.4, -0.2) is 45.5 Å². The van der Waals surface area contributed by atoms with Crippen LogP contribution in [0.5, 0.6) is 5.75 Å². The number of carbonyl (C=O) groups excluding carboxylic acids is 2. The van der Waals surface area contributed by atoms with Gasteiger partial charge in [-0.15, -0.1) is 0 Å². The number of benzene rings is 1. The lowest BCUT2D eigenvalue weighted by Gasteiger charge is -2.25. The van der Waals surface area contributed by atoms with E-state index in [0.717, 1.165) is 6.17 Å². The van der Waals surface area contributed by atoms with E-state index in [-0.39, 0.29) is 5.91 Å². The van der Waals surface area contributed by atoms with Crippen molar-refractivity contribution in [1.82, 2.24) is 4.90 Å². The molecular formula is C14H21NO3Si. The van der Waals surface area contributed by atoms with Crippen LogP contribution in [0.25, 0.3) is 0 Å². The summed E-state index contributed by atoms with van der Waals surface area (Å²) >= 11 is 0. The Hall–Kier alpha value is -1.62. The first-order chi connectivity index (χ1) is 8.80. The molecule has 0 unspecified atom stereocenters. The lowest BCUT2D eigenvalue weighted by molar-refractivity contribution is 0.0811. The van der Waals surface area contributed by atoms with Gasteiger partial charge < -0.3 is 9.64 Å². The lowest BCUT2D eigenvalue weighted by Crippen LogP contribution is -2.41. The molecule has 0 aromatic heterocycles. The number of hydrogen-bond donors (Lipinski definition) is 0. The minimum Gasteiger partial charge on any atom is -0.496 e. The average Bonchev–Trinajstić information content (AvgIpc) is 2.34. The number of methoxy groups -OCH3 is 1. The summed E-state index contributed by atoms with van der Waals surface area (Å²) in [6.07, 6.45) is 1.43. The van der Waals surface area contributed by atoms with Gasteiger partial charge in [0.15, 0.2) is 6.29 Å². The summed E-state index contributed by atoms with van der Waals surface area (Å²) < 4.78 is 5.11. The van der Waals surface area contributed by atoms with Crippen molar-refractivity contribution in [2.24, 2.45) is 0 Å². The smallest absolute Gasteiger partial charge is 0.254 e. The van der Waals surface area contributed by atoms with E-state index < -0.39 is 8.07 Å². The fourth-order valence-electron chi connectivity index (χ4n) is 2.02. The van der Waals surface area contributed by atoms with Crippen LogP contribution in [0.1, 0.15) is 20.7 Å². The quantitative estimate of drug-likeness (QED) is 0.614. The maximum atomic E-state index is 12.4. The Morgan fingerprint density at radius 2 is 2.00 bits per heavy atom. The van der Waals surface area contributed by atoms with E-state index >= 15 is 0 Å². The molecular weight excluding hydrogens is 258 g/mol. The molecule has 0 aliphatic rings. The first-order valence-corrected chi connectivity index (χ1v) is 9.88. The van der Waals surface area contributed by atoms with Crippen molar-refractivity contribution in [3.05, 3.63) is 29.3 Å². The summed E-state index contributed by atoms with van der Waals surface area (Å²) in [4.78, 5) is 25.3. The molecule has 1 rings (SSSR count). The number of hydrogen-bond acceptors (Lipinski definition) is 3. The second kappa shape index (κ2) is 6.01. The second-order valence-electron chi connectivity index (χ2n) is 5.76.